The summed E-state index contributed by atoms with van der Waals surface area (Å²) < 4.78 is 4.31. The van der Waals surface area contributed by atoms with Crippen molar-refractivity contribution in [1.29, 1.82) is 0 Å². The van der Waals surface area contributed by atoms with Crippen molar-refractivity contribution in [3.8, 4) is 0 Å². The second-order valence-electron chi connectivity index (χ2n) is 5.08. The van der Waals surface area contributed by atoms with Crippen molar-refractivity contribution in [2.45, 2.75) is 46.2 Å². The molecule has 0 atom stereocenters. The Kier molecular flexibility index (Phi) is 4.48. The SMILES string of the molecule is CCn1c(=O)c2c(nc(CCCC(=O)O)n2CC)n(C)c1=O. The highest BCUT2D eigenvalue weighted by Crippen LogP contribution is 2.13. The van der Waals surface area contributed by atoms with Gasteiger partial charge in [0.25, 0.3) is 5.56 Å². The van der Waals surface area contributed by atoms with Crippen LogP contribution in [0.4, 0.5) is 0 Å². The Morgan fingerprint density at radius 3 is 2.36 bits per heavy atom. The molecule has 22 heavy (non-hydrogen) atoms. The zero-order chi connectivity index (χ0) is 16.4. The fourth-order valence-corrected chi connectivity index (χ4v) is 2.62. The smallest absolute Gasteiger partial charge is 0.332 e. The predicted molar refractivity (Wildman–Crippen MR) is 81.2 cm³/mol. The van der Waals surface area contributed by atoms with Crippen LogP contribution in [0.5, 0.6) is 0 Å². The Morgan fingerprint density at radius 1 is 1.18 bits per heavy atom. The second kappa shape index (κ2) is 6.17. The lowest BCUT2D eigenvalue weighted by atomic mass is 10.2. The topological polar surface area (TPSA) is 99.1 Å². The normalized spacial score (nSPS) is 11.2. The number of rotatable bonds is 6. The standard InChI is InChI=1S/C14H20N4O4/c1-4-17-9(7-6-8-10(19)20)15-12-11(17)13(21)18(5-2)14(22)16(12)3/h4-8H2,1-3H3,(H,19,20). The zero-order valence-corrected chi connectivity index (χ0v) is 13.0. The van der Waals surface area contributed by atoms with E-state index in [4.69, 9.17) is 5.11 Å². The van der Waals surface area contributed by atoms with Gasteiger partial charge in [-0.15, -0.1) is 0 Å². The summed E-state index contributed by atoms with van der Waals surface area (Å²) in [4.78, 5) is 39.7. The summed E-state index contributed by atoms with van der Waals surface area (Å²) in [5.74, 6) is -0.223. The van der Waals surface area contributed by atoms with Crippen LogP contribution in [0.15, 0.2) is 9.59 Å². The zero-order valence-electron chi connectivity index (χ0n) is 13.0. The first-order valence-corrected chi connectivity index (χ1v) is 7.33. The molecule has 0 unspecified atom stereocenters. The largest absolute Gasteiger partial charge is 0.481 e. The van der Waals surface area contributed by atoms with Gasteiger partial charge in [0.1, 0.15) is 5.82 Å². The highest BCUT2D eigenvalue weighted by molar-refractivity contribution is 5.71. The molecule has 0 fully saturated rings. The Morgan fingerprint density at radius 2 is 1.82 bits per heavy atom. The molecule has 2 aromatic heterocycles. The van der Waals surface area contributed by atoms with Crippen molar-refractivity contribution in [2.75, 3.05) is 0 Å². The Labute approximate surface area is 126 Å². The van der Waals surface area contributed by atoms with E-state index in [-0.39, 0.29) is 12.0 Å². The highest BCUT2D eigenvalue weighted by Gasteiger charge is 2.18. The molecule has 2 rings (SSSR count). The number of hydrogen-bond donors (Lipinski definition) is 1. The molecular formula is C14H20N4O4. The van der Waals surface area contributed by atoms with Crippen molar-refractivity contribution in [3.05, 3.63) is 26.7 Å². The number of carbonyl (C=O) groups is 1. The number of hydrogen-bond acceptors (Lipinski definition) is 4. The Bertz CT molecular complexity index is 828. The third kappa shape index (κ3) is 2.56. The first kappa shape index (κ1) is 16.0. The molecule has 0 aromatic carbocycles. The van der Waals surface area contributed by atoms with E-state index in [0.717, 1.165) is 0 Å². The monoisotopic (exact) mass is 308 g/mol. The van der Waals surface area contributed by atoms with E-state index in [2.05, 4.69) is 4.98 Å². The van der Waals surface area contributed by atoms with Gasteiger partial charge in [-0.05, 0) is 20.3 Å². The second-order valence-corrected chi connectivity index (χ2v) is 5.08. The van der Waals surface area contributed by atoms with Gasteiger partial charge in [0, 0.05) is 33.0 Å². The molecule has 2 heterocycles. The average Bonchev–Trinajstić information content (AvgIpc) is 2.84. The van der Waals surface area contributed by atoms with Gasteiger partial charge in [-0.3, -0.25) is 18.7 Å². The number of aryl methyl sites for hydroxylation is 3. The van der Waals surface area contributed by atoms with E-state index in [1.165, 1.54) is 9.13 Å². The summed E-state index contributed by atoms with van der Waals surface area (Å²) in [6.07, 6.45) is 0.939. The number of nitrogens with zero attached hydrogens (tertiary/aromatic N) is 4. The number of fused-ring (bicyclic) bond motifs is 1. The van der Waals surface area contributed by atoms with Crippen molar-refractivity contribution >= 4 is 17.1 Å². The van der Waals surface area contributed by atoms with Crippen LogP contribution in [0.1, 0.15) is 32.5 Å². The molecule has 0 aliphatic heterocycles. The molecule has 0 aliphatic carbocycles. The molecular weight excluding hydrogens is 288 g/mol. The van der Waals surface area contributed by atoms with E-state index in [0.29, 0.717) is 42.9 Å². The first-order valence-electron chi connectivity index (χ1n) is 7.33. The maximum atomic E-state index is 12.5. The third-order valence-electron chi connectivity index (χ3n) is 3.73. The first-order chi connectivity index (χ1) is 10.4. The summed E-state index contributed by atoms with van der Waals surface area (Å²) >= 11 is 0. The van der Waals surface area contributed by atoms with Gasteiger partial charge in [0.15, 0.2) is 11.2 Å². The van der Waals surface area contributed by atoms with E-state index in [9.17, 15) is 14.4 Å². The Balaban J connectivity index is 2.64. The van der Waals surface area contributed by atoms with E-state index in [1.54, 1.807) is 18.5 Å². The molecule has 0 saturated heterocycles. The highest BCUT2D eigenvalue weighted by atomic mass is 16.4. The van der Waals surface area contributed by atoms with Crippen molar-refractivity contribution in [1.82, 2.24) is 18.7 Å². The maximum Gasteiger partial charge on any atom is 0.332 e. The van der Waals surface area contributed by atoms with Crippen molar-refractivity contribution < 1.29 is 9.90 Å². The molecule has 0 amide bonds. The maximum absolute atomic E-state index is 12.5. The average molecular weight is 308 g/mol. The van der Waals surface area contributed by atoms with E-state index >= 15 is 0 Å². The van der Waals surface area contributed by atoms with Crippen molar-refractivity contribution in [2.24, 2.45) is 7.05 Å². The van der Waals surface area contributed by atoms with Gasteiger partial charge in [-0.25, -0.2) is 9.78 Å². The molecule has 0 saturated carbocycles. The minimum Gasteiger partial charge on any atom is -0.481 e. The summed E-state index contributed by atoms with van der Waals surface area (Å²) in [6, 6.07) is 0. The Hall–Kier alpha value is -2.38. The number of aliphatic carboxylic acids is 1. The van der Waals surface area contributed by atoms with E-state index in [1.807, 2.05) is 6.92 Å². The van der Waals surface area contributed by atoms with Gasteiger partial charge in [-0.2, -0.15) is 0 Å². The fourth-order valence-electron chi connectivity index (χ4n) is 2.62. The van der Waals surface area contributed by atoms with Gasteiger partial charge in [-0.1, -0.05) is 0 Å². The molecule has 0 bridgehead atoms. The van der Waals surface area contributed by atoms with Gasteiger partial charge >= 0.3 is 11.7 Å². The van der Waals surface area contributed by atoms with Crippen molar-refractivity contribution in [3.63, 3.8) is 0 Å². The van der Waals surface area contributed by atoms with Crippen LogP contribution in [0.3, 0.4) is 0 Å². The summed E-state index contributed by atoms with van der Waals surface area (Å²) in [5, 5.41) is 8.72. The minimum atomic E-state index is -0.861. The van der Waals surface area contributed by atoms with Gasteiger partial charge in [0.2, 0.25) is 0 Å². The van der Waals surface area contributed by atoms with Crippen LogP contribution in [0.2, 0.25) is 0 Å². The fraction of sp³-hybridized carbons (Fsp3) is 0.571. The quantitative estimate of drug-likeness (QED) is 0.830. The molecule has 1 N–H and O–H groups in total. The van der Waals surface area contributed by atoms with Crippen LogP contribution >= 0.6 is 0 Å². The van der Waals surface area contributed by atoms with Gasteiger partial charge in [0.05, 0.1) is 0 Å². The summed E-state index contributed by atoms with van der Waals surface area (Å²) in [6.45, 7) is 4.47. The van der Waals surface area contributed by atoms with Crippen LogP contribution in [-0.4, -0.2) is 29.8 Å². The molecule has 0 aliphatic rings. The van der Waals surface area contributed by atoms with E-state index < -0.39 is 11.7 Å². The molecule has 120 valence electrons. The number of carboxylic acid groups (broad SMARTS) is 1. The lowest BCUT2D eigenvalue weighted by Crippen LogP contribution is -2.39. The molecule has 0 radical (unpaired) electrons. The molecule has 0 spiro atoms. The lowest BCUT2D eigenvalue weighted by molar-refractivity contribution is -0.137. The van der Waals surface area contributed by atoms with Crippen LogP contribution in [-0.2, 0) is 31.4 Å². The molecule has 8 nitrogen and oxygen atoms in total. The van der Waals surface area contributed by atoms with Crippen LogP contribution < -0.4 is 11.2 Å². The lowest BCUT2D eigenvalue weighted by Gasteiger charge is -2.07. The third-order valence-corrected chi connectivity index (χ3v) is 3.73. The number of carboxylic acids is 1. The molecule has 2 aromatic rings. The van der Waals surface area contributed by atoms with Crippen LogP contribution in [0, 0.1) is 0 Å². The van der Waals surface area contributed by atoms with Gasteiger partial charge < -0.3 is 9.67 Å². The number of imidazole rings is 1. The minimum absolute atomic E-state index is 0.0467. The molecule has 8 heteroatoms. The summed E-state index contributed by atoms with van der Waals surface area (Å²) in [5.41, 5.74) is 0.0147. The predicted octanol–water partition coefficient (Wildman–Crippen LogP) is 0.344. The number of aromatic nitrogens is 4. The van der Waals surface area contributed by atoms with Crippen LogP contribution in [0.25, 0.3) is 11.2 Å². The summed E-state index contributed by atoms with van der Waals surface area (Å²) in [7, 11) is 1.59.